The molecule has 0 amide bonds. The van der Waals surface area contributed by atoms with Crippen molar-refractivity contribution in [2.24, 2.45) is 18.4 Å². The summed E-state index contributed by atoms with van der Waals surface area (Å²) in [4.78, 5) is 0. The van der Waals surface area contributed by atoms with Crippen LogP contribution in [-0.4, -0.2) is 0 Å². The van der Waals surface area contributed by atoms with Crippen LogP contribution >= 0.6 is 0 Å². The van der Waals surface area contributed by atoms with E-state index in [1.54, 1.807) is 12.3 Å². The summed E-state index contributed by atoms with van der Waals surface area (Å²) in [6.45, 7) is 8.84. The Morgan fingerprint density at radius 3 is 2.15 bits per heavy atom. The summed E-state index contributed by atoms with van der Waals surface area (Å²) in [6, 6.07) is 18.0. The zero-order chi connectivity index (χ0) is 28.4. The van der Waals surface area contributed by atoms with Gasteiger partial charge in [0.25, 0.3) is 0 Å². The van der Waals surface area contributed by atoms with Gasteiger partial charge in [0.2, 0.25) is 5.69 Å². The fourth-order valence-corrected chi connectivity index (χ4v) is 6.35. The molecule has 2 heterocycles. The van der Waals surface area contributed by atoms with E-state index in [0.717, 1.165) is 53.1 Å². The van der Waals surface area contributed by atoms with Crippen LogP contribution in [0, 0.1) is 29.9 Å². The van der Waals surface area contributed by atoms with E-state index in [-0.39, 0.29) is 17.0 Å². The highest BCUT2D eigenvalue weighted by Crippen LogP contribution is 2.45. The van der Waals surface area contributed by atoms with E-state index in [1.807, 2.05) is 54.9 Å². The van der Waals surface area contributed by atoms with Gasteiger partial charge in [0, 0.05) is 24.3 Å². The third-order valence-corrected chi connectivity index (χ3v) is 8.73. The molecular formula is C35H36F2NO+. The molecule has 0 unspecified atom stereocenters. The van der Waals surface area contributed by atoms with Crippen molar-refractivity contribution in [3.63, 3.8) is 0 Å². The number of aromatic nitrogens is 1. The highest BCUT2D eigenvalue weighted by molar-refractivity contribution is 6.13. The normalized spacial score (nSPS) is 20.5. The number of nitrogens with zero attached hydrogens (tertiary/aromatic N) is 1. The molecule has 200 valence electrons. The summed E-state index contributed by atoms with van der Waals surface area (Å²) in [6.07, 6.45) is 5.45. The predicted molar refractivity (Wildman–Crippen MR) is 155 cm³/mol. The number of aryl methyl sites for hydroxylation is 2. The molecule has 0 atom stereocenters. The van der Waals surface area contributed by atoms with Crippen molar-refractivity contribution in [2.45, 2.75) is 59.3 Å². The number of hydrogen-bond donors (Lipinski definition) is 0. The Hall–Kier alpha value is -3.53. The molecule has 0 spiro atoms. The van der Waals surface area contributed by atoms with Gasteiger partial charge in [-0.05, 0) is 78.7 Å². The van der Waals surface area contributed by atoms with Gasteiger partial charge >= 0.3 is 0 Å². The van der Waals surface area contributed by atoms with E-state index >= 15 is 4.39 Å². The zero-order valence-corrected chi connectivity index (χ0v) is 23.4. The second-order valence-corrected chi connectivity index (χ2v) is 12.2. The first kappa shape index (κ1) is 24.5. The molecule has 0 N–H and O–H groups in total. The molecule has 1 aliphatic carbocycles. The second-order valence-electron chi connectivity index (χ2n) is 12.2. The van der Waals surface area contributed by atoms with Crippen molar-refractivity contribution >= 4 is 21.9 Å². The maximum absolute atomic E-state index is 15.5. The number of furan rings is 1. The molecule has 1 aliphatic rings. The van der Waals surface area contributed by atoms with Crippen LogP contribution < -0.4 is 4.57 Å². The number of pyridine rings is 1. The van der Waals surface area contributed by atoms with Gasteiger partial charge in [0.15, 0.2) is 6.20 Å². The Balaban J connectivity index is 1.44. The molecule has 0 bridgehead atoms. The standard InChI is InChI=1S/C35H36F2NO/c1-21-6-15-27-28-16-17-29(37)32(34(28)39-33(27)31(21)30-20-26(36)18-19-38(30)5)24-9-7-22(8-10-24)23-11-13-25(14-12-23)35(2,3)4/h6-10,15-20,23,25H,11-14H2,1-5H3/q+1/i23D. The lowest BCUT2D eigenvalue weighted by Crippen LogP contribution is -2.30. The summed E-state index contributed by atoms with van der Waals surface area (Å²) in [5, 5.41) is 1.67. The van der Waals surface area contributed by atoms with Gasteiger partial charge in [-0.25, -0.2) is 13.3 Å². The monoisotopic (exact) mass is 525 g/mol. The van der Waals surface area contributed by atoms with Crippen LogP contribution in [0.1, 0.15) is 64.8 Å². The van der Waals surface area contributed by atoms with E-state index in [0.29, 0.717) is 33.9 Å². The fourth-order valence-electron chi connectivity index (χ4n) is 6.35. The average molecular weight is 526 g/mol. The maximum Gasteiger partial charge on any atom is 0.219 e. The van der Waals surface area contributed by atoms with E-state index < -0.39 is 5.89 Å². The molecule has 0 saturated heterocycles. The maximum atomic E-state index is 15.5. The number of halogens is 2. The largest absolute Gasteiger partial charge is 0.454 e. The molecule has 1 saturated carbocycles. The lowest BCUT2D eigenvalue weighted by molar-refractivity contribution is -0.660. The summed E-state index contributed by atoms with van der Waals surface area (Å²) in [5.41, 5.74) is 5.88. The lowest BCUT2D eigenvalue weighted by atomic mass is 9.68. The van der Waals surface area contributed by atoms with Crippen molar-refractivity contribution in [2.75, 3.05) is 0 Å². The number of benzene rings is 3. The van der Waals surface area contributed by atoms with Crippen molar-refractivity contribution in [3.05, 3.63) is 89.6 Å². The average Bonchev–Trinajstić information content (AvgIpc) is 3.28. The Labute approximate surface area is 230 Å². The van der Waals surface area contributed by atoms with Crippen LogP contribution in [0.2, 0.25) is 0 Å². The van der Waals surface area contributed by atoms with Crippen LogP contribution in [0.3, 0.4) is 0 Å². The number of rotatable bonds is 3. The molecule has 39 heavy (non-hydrogen) atoms. The van der Waals surface area contributed by atoms with E-state index in [4.69, 9.17) is 4.42 Å². The first-order chi connectivity index (χ1) is 19.0. The minimum atomic E-state index is -0.614. The van der Waals surface area contributed by atoms with Crippen molar-refractivity contribution < 1.29 is 19.1 Å². The molecule has 4 heteroatoms. The molecular weight excluding hydrogens is 488 g/mol. The van der Waals surface area contributed by atoms with Crippen molar-refractivity contribution in [3.8, 4) is 22.4 Å². The van der Waals surface area contributed by atoms with Crippen LogP contribution in [0.15, 0.2) is 71.3 Å². The van der Waals surface area contributed by atoms with Gasteiger partial charge in [-0.15, -0.1) is 0 Å². The van der Waals surface area contributed by atoms with E-state index in [1.165, 1.54) is 18.2 Å². The van der Waals surface area contributed by atoms with Crippen LogP contribution in [0.5, 0.6) is 0 Å². The molecule has 6 rings (SSSR count). The SMILES string of the molecule is [2H]C1(c2ccc(-c3c(F)ccc4c3oc3c(-c5cc(F)cc[n+]5C)c(C)ccc34)cc2)CCC(C(C)(C)C)CC1. The molecule has 1 fully saturated rings. The minimum absolute atomic E-state index is 0.262. The first-order valence-electron chi connectivity index (χ1n) is 14.4. The van der Waals surface area contributed by atoms with Gasteiger partial charge in [-0.1, -0.05) is 57.2 Å². The molecule has 5 aromatic rings. The van der Waals surface area contributed by atoms with Gasteiger partial charge < -0.3 is 4.42 Å². The molecule has 3 aromatic carbocycles. The van der Waals surface area contributed by atoms with Crippen molar-refractivity contribution in [1.29, 1.82) is 0 Å². The minimum Gasteiger partial charge on any atom is -0.454 e. The van der Waals surface area contributed by atoms with Crippen LogP contribution in [0.25, 0.3) is 44.3 Å². The van der Waals surface area contributed by atoms with Crippen molar-refractivity contribution in [1.82, 2.24) is 0 Å². The second kappa shape index (κ2) is 9.59. The zero-order valence-electron chi connectivity index (χ0n) is 24.4. The number of hydrogen-bond acceptors (Lipinski definition) is 1. The van der Waals surface area contributed by atoms with Gasteiger partial charge in [0.1, 0.15) is 29.8 Å². The quantitative estimate of drug-likeness (QED) is 0.214. The first-order valence-corrected chi connectivity index (χ1v) is 13.9. The van der Waals surface area contributed by atoms with E-state index in [9.17, 15) is 5.76 Å². The Morgan fingerprint density at radius 2 is 1.49 bits per heavy atom. The molecule has 2 aromatic heterocycles. The molecule has 0 radical (unpaired) electrons. The van der Waals surface area contributed by atoms with Crippen LogP contribution in [0.4, 0.5) is 8.78 Å². The van der Waals surface area contributed by atoms with Crippen LogP contribution in [-0.2, 0) is 7.05 Å². The molecule has 2 nitrogen and oxygen atoms in total. The summed E-state index contributed by atoms with van der Waals surface area (Å²) >= 11 is 0. The van der Waals surface area contributed by atoms with Gasteiger partial charge in [-0.3, -0.25) is 0 Å². The fraction of sp³-hybridized carbons (Fsp3) is 0.343. The lowest BCUT2D eigenvalue weighted by Gasteiger charge is -2.37. The Kier molecular flexibility index (Phi) is 6.02. The third kappa shape index (κ3) is 4.54. The predicted octanol–water partition coefficient (Wildman–Crippen LogP) is 9.65. The Bertz CT molecular complexity index is 1740. The van der Waals surface area contributed by atoms with Gasteiger partial charge in [-0.2, -0.15) is 0 Å². The summed E-state index contributed by atoms with van der Waals surface area (Å²) in [7, 11) is 1.87. The highest BCUT2D eigenvalue weighted by Gasteiger charge is 2.30. The summed E-state index contributed by atoms with van der Waals surface area (Å²) < 4.78 is 47.3. The Morgan fingerprint density at radius 1 is 0.846 bits per heavy atom. The third-order valence-electron chi connectivity index (χ3n) is 8.73. The van der Waals surface area contributed by atoms with Gasteiger partial charge in [0.05, 0.1) is 11.1 Å². The number of fused-ring (bicyclic) bond motifs is 3. The molecule has 0 aliphatic heterocycles. The topological polar surface area (TPSA) is 17.0 Å². The summed E-state index contributed by atoms with van der Waals surface area (Å²) in [5.74, 6) is -0.670. The van der Waals surface area contributed by atoms with E-state index in [2.05, 4.69) is 20.8 Å². The highest BCUT2D eigenvalue weighted by atomic mass is 19.1. The smallest absolute Gasteiger partial charge is 0.219 e.